The quantitative estimate of drug-likeness (QED) is 0.758. The molecule has 21 heavy (non-hydrogen) atoms. The van der Waals surface area contributed by atoms with Crippen LogP contribution in [0.4, 0.5) is 11.6 Å². The van der Waals surface area contributed by atoms with Crippen molar-refractivity contribution >= 4 is 11.6 Å². The van der Waals surface area contributed by atoms with Crippen LogP contribution < -0.4 is 15.4 Å². The van der Waals surface area contributed by atoms with Crippen molar-refractivity contribution in [1.82, 2.24) is 19.7 Å². The first-order valence-electron chi connectivity index (χ1n) is 6.97. The standard InChI is InChI=1S/C14H22N6O/c1-10-8-11(2)20(19-10)7-5-6-16-14-12(21-4)13(15-3)17-9-18-14/h8-9H,5-7H2,1-4H3,(H2,15,16,17,18). The van der Waals surface area contributed by atoms with Gasteiger partial charge in [0.2, 0.25) is 5.75 Å². The Morgan fingerprint density at radius 2 is 2.00 bits per heavy atom. The van der Waals surface area contributed by atoms with Gasteiger partial charge in [-0.1, -0.05) is 0 Å². The monoisotopic (exact) mass is 290 g/mol. The highest BCUT2D eigenvalue weighted by molar-refractivity contribution is 5.63. The van der Waals surface area contributed by atoms with E-state index < -0.39 is 0 Å². The van der Waals surface area contributed by atoms with Gasteiger partial charge in [-0.15, -0.1) is 0 Å². The Balaban J connectivity index is 1.90. The summed E-state index contributed by atoms with van der Waals surface area (Å²) in [4.78, 5) is 8.33. The van der Waals surface area contributed by atoms with E-state index in [0.717, 1.165) is 25.2 Å². The molecule has 0 amide bonds. The van der Waals surface area contributed by atoms with Gasteiger partial charge in [0, 0.05) is 25.8 Å². The van der Waals surface area contributed by atoms with E-state index in [1.807, 2.05) is 11.6 Å². The van der Waals surface area contributed by atoms with Gasteiger partial charge in [0.1, 0.15) is 6.33 Å². The molecule has 2 aromatic rings. The van der Waals surface area contributed by atoms with E-state index in [0.29, 0.717) is 17.4 Å². The van der Waals surface area contributed by atoms with Crippen molar-refractivity contribution in [3.63, 3.8) is 0 Å². The number of ether oxygens (including phenoxy) is 1. The van der Waals surface area contributed by atoms with Crippen molar-refractivity contribution in [1.29, 1.82) is 0 Å². The van der Waals surface area contributed by atoms with Crippen molar-refractivity contribution in [2.45, 2.75) is 26.8 Å². The highest BCUT2D eigenvalue weighted by Gasteiger charge is 2.10. The fraction of sp³-hybridized carbons (Fsp3) is 0.500. The molecule has 2 aromatic heterocycles. The molecule has 7 nitrogen and oxygen atoms in total. The van der Waals surface area contributed by atoms with Crippen LogP contribution in [0.15, 0.2) is 12.4 Å². The van der Waals surface area contributed by atoms with Crippen LogP contribution in [0.3, 0.4) is 0 Å². The predicted octanol–water partition coefficient (Wildman–Crippen LogP) is 1.84. The minimum Gasteiger partial charge on any atom is -0.490 e. The Hall–Kier alpha value is -2.31. The number of aryl methyl sites for hydroxylation is 3. The Kier molecular flexibility index (Phi) is 4.97. The average molecular weight is 290 g/mol. The maximum Gasteiger partial charge on any atom is 0.204 e. The van der Waals surface area contributed by atoms with E-state index in [4.69, 9.17) is 4.74 Å². The van der Waals surface area contributed by atoms with Crippen LogP contribution in [0, 0.1) is 13.8 Å². The number of anilines is 2. The molecule has 7 heteroatoms. The SMILES string of the molecule is CNc1ncnc(NCCCn2nc(C)cc2C)c1OC. The second-order valence-electron chi connectivity index (χ2n) is 4.78. The largest absolute Gasteiger partial charge is 0.490 e. The summed E-state index contributed by atoms with van der Waals surface area (Å²) >= 11 is 0. The maximum absolute atomic E-state index is 5.34. The van der Waals surface area contributed by atoms with Crippen molar-refractivity contribution in [3.05, 3.63) is 23.8 Å². The Bertz CT molecular complexity index is 595. The van der Waals surface area contributed by atoms with Gasteiger partial charge in [-0.2, -0.15) is 5.10 Å². The third-order valence-electron chi connectivity index (χ3n) is 3.19. The predicted molar refractivity (Wildman–Crippen MR) is 82.9 cm³/mol. The lowest BCUT2D eigenvalue weighted by Crippen LogP contribution is -2.11. The summed E-state index contributed by atoms with van der Waals surface area (Å²) in [6.07, 6.45) is 2.46. The van der Waals surface area contributed by atoms with Gasteiger partial charge >= 0.3 is 0 Å². The summed E-state index contributed by atoms with van der Waals surface area (Å²) in [6.45, 7) is 5.74. The fourth-order valence-electron chi connectivity index (χ4n) is 2.21. The summed E-state index contributed by atoms with van der Waals surface area (Å²) in [7, 11) is 3.41. The van der Waals surface area contributed by atoms with Gasteiger partial charge in [-0.3, -0.25) is 4.68 Å². The van der Waals surface area contributed by atoms with Crippen LogP contribution in [0.1, 0.15) is 17.8 Å². The molecule has 2 N–H and O–H groups in total. The van der Waals surface area contributed by atoms with Gasteiger partial charge < -0.3 is 15.4 Å². The molecular weight excluding hydrogens is 268 g/mol. The lowest BCUT2D eigenvalue weighted by atomic mass is 10.3. The molecule has 0 atom stereocenters. The molecule has 0 saturated carbocycles. The molecule has 0 aliphatic carbocycles. The summed E-state index contributed by atoms with van der Waals surface area (Å²) in [6, 6.07) is 2.08. The lowest BCUT2D eigenvalue weighted by molar-refractivity contribution is 0.414. The van der Waals surface area contributed by atoms with Gasteiger partial charge in [0.05, 0.1) is 12.8 Å². The van der Waals surface area contributed by atoms with Crippen molar-refractivity contribution in [2.24, 2.45) is 0 Å². The number of aromatic nitrogens is 4. The van der Waals surface area contributed by atoms with Crippen LogP contribution in [0.2, 0.25) is 0 Å². The first-order chi connectivity index (χ1) is 10.2. The molecule has 0 aromatic carbocycles. The molecule has 0 saturated heterocycles. The van der Waals surface area contributed by atoms with Crippen molar-refractivity contribution in [3.8, 4) is 5.75 Å². The number of hydrogen-bond acceptors (Lipinski definition) is 6. The van der Waals surface area contributed by atoms with Crippen LogP contribution in [-0.2, 0) is 6.54 Å². The molecule has 2 heterocycles. The number of rotatable bonds is 7. The van der Waals surface area contributed by atoms with E-state index in [9.17, 15) is 0 Å². The molecule has 0 spiro atoms. The minimum atomic E-state index is 0.631. The van der Waals surface area contributed by atoms with Gasteiger partial charge in [0.25, 0.3) is 0 Å². The van der Waals surface area contributed by atoms with Gasteiger partial charge in [-0.25, -0.2) is 9.97 Å². The Labute approximate surface area is 124 Å². The highest BCUT2D eigenvalue weighted by Crippen LogP contribution is 2.28. The molecule has 0 aliphatic heterocycles. The average Bonchev–Trinajstić information content (AvgIpc) is 2.81. The first-order valence-corrected chi connectivity index (χ1v) is 6.97. The zero-order chi connectivity index (χ0) is 15.2. The van der Waals surface area contributed by atoms with E-state index >= 15 is 0 Å². The van der Waals surface area contributed by atoms with E-state index in [1.54, 1.807) is 14.2 Å². The second-order valence-corrected chi connectivity index (χ2v) is 4.78. The number of hydrogen-bond donors (Lipinski definition) is 2. The summed E-state index contributed by atoms with van der Waals surface area (Å²) in [5, 5.41) is 10.7. The van der Waals surface area contributed by atoms with Crippen LogP contribution in [-0.4, -0.2) is 40.5 Å². The minimum absolute atomic E-state index is 0.631. The zero-order valence-electron chi connectivity index (χ0n) is 13.0. The molecule has 0 radical (unpaired) electrons. The summed E-state index contributed by atoms with van der Waals surface area (Å²) in [5.74, 6) is 2.00. The third kappa shape index (κ3) is 3.62. The van der Waals surface area contributed by atoms with E-state index in [2.05, 4.69) is 38.7 Å². The van der Waals surface area contributed by atoms with Crippen molar-refractivity contribution < 1.29 is 4.74 Å². The molecule has 2 rings (SSSR count). The summed E-state index contributed by atoms with van der Waals surface area (Å²) < 4.78 is 7.36. The number of nitrogens with one attached hydrogen (secondary N) is 2. The Morgan fingerprint density at radius 1 is 1.24 bits per heavy atom. The summed E-state index contributed by atoms with van der Waals surface area (Å²) in [5.41, 5.74) is 2.24. The lowest BCUT2D eigenvalue weighted by Gasteiger charge is -2.12. The second kappa shape index (κ2) is 6.92. The third-order valence-corrected chi connectivity index (χ3v) is 3.19. The van der Waals surface area contributed by atoms with Crippen LogP contribution in [0.25, 0.3) is 0 Å². The van der Waals surface area contributed by atoms with E-state index in [1.165, 1.54) is 12.0 Å². The Morgan fingerprint density at radius 3 is 2.62 bits per heavy atom. The highest BCUT2D eigenvalue weighted by atomic mass is 16.5. The van der Waals surface area contributed by atoms with Gasteiger partial charge in [0.15, 0.2) is 11.6 Å². The normalized spacial score (nSPS) is 10.5. The molecule has 0 bridgehead atoms. The zero-order valence-corrected chi connectivity index (χ0v) is 13.0. The number of nitrogens with zero attached hydrogens (tertiary/aromatic N) is 4. The molecular formula is C14H22N6O. The number of methoxy groups -OCH3 is 1. The van der Waals surface area contributed by atoms with Crippen LogP contribution >= 0.6 is 0 Å². The van der Waals surface area contributed by atoms with E-state index in [-0.39, 0.29) is 0 Å². The fourth-order valence-corrected chi connectivity index (χ4v) is 2.21. The van der Waals surface area contributed by atoms with Crippen LogP contribution in [0.5, 0.6) is 5.75 Å². The molecule has 0 unspecified atom stereocenters. The first kappa shape index (κ1) is 15.1. The smallest absolute Gasteiger partial charge is 0.204 e. The van der Waals surface area contributed by atoms with Crippen molar-refractivity contribution in [2.75, 3.05) is 31.3 Å². The molecule has 0 aliphatic rings. The topological polar surface area (TPSA) is 76.9 Å². The molecule has 0 fully saturated rings. The van der Waals surface area contributed by atoms with Gasteiger partial charge in [-0.05, 0) is 26.3 Å². The maximum atomic E-state index is 5.34. The molecule has 114 valence electrons.